The summed E-state index contributed by atoms with van der Waals surface area (Å²) in [5, 5.41) is 0. The largest absolute Gasteiger partial charge is 0.466 e. The molecule has 100 valence electrons. The summed E-state index contributed by atoms with van der Waals surface area (Å²) < 4.78 is 31.2. The van der Waals surface area contributed by atoms with Gasteiger partial charge in [0.2, 0.25) is 0 Å². The molecule has 0 saturated heterocycles. The highest BCUT2D eigenvalue weighted by Gasteiger charge is 2.22. The molecule has 0 amide bonds. The molecule has 1 heterocycles. The van der Waals surface area contributed by atoms with Crippen LogP contribution in [-0.4, -0.2) is 17.6 Å². The fourth-order valence-corrected chi connectivity index (χ4v) is 2.02. The lowest BCUT2D eigenvalue weighted by molar-refractivity contribution is -0.142. The first kappa shape index (κ1) is 15.0. The van der Waals surface area contributed by atoms with Gasteiger partial charge in [0.1, 0.15) is 0 Å². The third kappa shape index (κ3) is 3.46. The van der Waals surface area contributed by atoms with Gasteiger partial charge in [0.15, 0.2) is 0 Å². The molecule has 0 unspecified atom stereocenters. The molecule has 0 radical (unpaired) electrons. The molecule has 1 aromatic heterocycles. The first-order chi connectivity index (χ1) is 8.51. The van der Waals surface area contributed by atoms with E-state index in [-0.39, 0.29) is 36.4 Å². The molecule has 0 aliphatic rings. The first-order valence-electron chi connectivity index (χ1n) is 5.31. The molecule has 0 aromatic carbocycles. The Morgan fingerprint density at radius 1 is 1.61 bits per heavy atom. The van der Waals surface area contributed by atoms with E-state index in [1.807, 2.05) is 0 Å². The van der Waals surface area contributed by atoms with Gasteiger partial charge in [0.05, 0.1) is 18.7 Å². The number of hydrogen-bond acceptors (Lipinski definition) is 4. The minimum absolute atomic E-state index is 0.00657. The van der Waals surface area contributed by atoms with Crippen molar-refractivity contribution >= 4 is 21.9 Å². The molecule has 0 atom stereocenters. The van der Waals surface area contributed by atoms with Crippen LogP contribution < -0.4 is 5.73 Å². The third-order valence-corrected chi connectivity index (χ3v) is 2.98. The lowest BCUT2D eigenvalue weighted by Crippen LogP contribution is -2.14. The van der Waals surface area contributed by atoms with Gasteiger partial charge in [-0.3, -0.25) is 9.78 Å². The van der Waals surface area contributed by atoms with Gasteiger partial charge in [-0.05, 0) is 28.4 Å². The van der Waals surface area contributed by atoms with Gasteiger partial charge in [0, 0.05) is 22.8 Å². The Balaban J connectivity index is 3.15. The van der Waals surface area contributed by atoms with E-state index in [0.717, 1.165) is 0 Å². The molecule has 0 saturated carbocycles. The van der Waals surface area contributed by atoms with Crippen LogP contribution >= 0.6 is 15.9 Å². The second-order valence-corrected chi connectivity index (χ2v) is 4.29. The van der Waals surface area contributed by atoms with E-state index < -0.39 is 12.4 Å². The van der Waals surface area contributed by atoms with Gasteiger partial charge >= 0.3 is 5.97 Å². The van der Waals surface area contributed by atoms with Crippen molar-refractivity contribution in [1.82, 2.24) is 4.98 Å². The van der Waals surface area contributed by atoms with Crippen LogP contribution in [0, 0.1) is 0 Å². The number of alkyl halides is 2. The van der Waals surface area contributed by atoms with Crippen LogP contribution in [0.3, 0.4) is 0 Å². The summed E-state index contributed by atoms with van der Waals surface area (Å²) in [4.78, 5) is 15.2. The van der Waals surface area contributed by atoms with Crippen molar-refractivity contribution in [3.8, 4) is 0 Å². The zero-order valence-corrected chi connectivity index (χ0v) is 11.3. The lowest BCUT2D eigenvalue weighted by atomic mass is 10.0. The van der Waals surface area contributed by atoms with Crippen LogP contribution in [0.2, 0.25) is 0 Å². The van der Waals surface area contributed by atoms with E-state index in [1.165, 1.54) is 6.20 Å². The zero-order chi connectivity index (χ0) is 13.7. The molecule has 1 aromatic rings. The number of ether oxygens (including phenoxy) is 1. The van der Waals surface area contributed by atoms with E-state index in [9.17, 15) is 13.6 Å². The molecule has 4 nitrogen and oxygen atoms in total. The molecule has 2 N–H and O–H groups in total. The summed E-state index contributed by atoms with van der Waals surface area (Å²) in [6, 6.07) is 0. The summed E-state index contributed by atoms with van der Waals surface area (Å²) in [6.45, 7) is 1.79. The third-order valence-electron chi connectivity index (χ3n) is 2.30. The van der Waals surface area contributed by atoms with Gasteiger partial charge in [-0.25, -0.2) is 8.78 Å². The van der Waals surface area contributed by atoms with Crippen molar-refractivity contribution in [3.05, 3.63) is 27.5 Å². The van der Waals surface area contributed by atoms with Crippen molar-refractivity contribution in [3.63, 3.8) is 0 Å². The predicted octanol–water partition coefficient (Wildman–Crippen LogP) is 2.35. The maximum absolute atomic E-state index is 13.0. The zero-order valence-electron chi connectivity index (χ0n) is 9.75. The fourth-order valence-electron chi connectivity index (χ4n) is 1.54. The Kier molecular flexibility index (Phi) is 5.61. The highest BCUT2D eigenvalue weighted by atomic mass is 79.9. The number of esters is 1. The molecule has 7 heteroatoms. The van der Waals surface area contributed by atoms with Crippen molar-refractivity contribution in [2.45, 2.75) is 26.3 Å². The Morgan fingerprint density at radius 2 is 2.28 bits per heavy atom. The van der Waals surface area contributed by atoms with Crippen LogP contribution in [0.15, 0.2) is 10.7 Å². The summed E-state index contributed by atoms with van der Waals surface area (Å²) in [5.41, 5.74) is 5.42. The number of hydrogen-bond donors (Lipinski definition) is 1. The molecule has 0 fully saturated rings. The number of carbonyl (C=O) groups excluding carboxylic acids is 1. The Labute approximate surface area is 112 Å². The van der Waals surface area contributed by atoms with E-state index in [1.54, 1.807) is 6.92 Å². The Bertz CT molecular complexity index is 441. The van der Waals surface area contributed by atoms with E-state index in [4.69, 9.17) is 10.5 Å². The molecular formula is C11H13BrF2N2O2. The van der Waals surface area contributed by atoms with Crippen LogP contribution in [0.4, 0.5) is 8.78 Å². The average molecular weight is 323 g/mol. The van der Waals surface area contributed by atoms with Crippen LogP contribution in [-0.2, 0) is 22.5 Å². The van der Waals surface area contributed by atoms with Crippen molar-refractivity contribution in [2.24, 2.45) is 5.73 Å². The molecule has 1 rings (SSSR count). The number of pyridine rings is 1. The summed E-state index contributed by atoms with van der Waals surface area (Å²) in [6.07, 6.45) is -1.66. The number of aromatic nitrogens is 1. The number of halogens is 3. The van der Waals surface area contributed by atoms with E-state index >= 15 is 0 Å². The second kappa shape index (κ2) is 6.75. The van der Waals surface area contributed by atoms with Crippen LogP contribution in [0.25, 0.3) is 0 Å². The average Bonchev–Trinajstić information content (AvgIpc) is 2.30. The number of carbonyl (C=O) groups is 1. The second-order valence-electron chi connectivity index (χ2n) is 3.43. The predicted molar refractivity (Wildman–Crippen MR) is 65.1 cm³/mol. The van der Waals surface area contributed by atoms with E-state index in [0.29, 0.717) is 4.47 Å². The smallest absolute Gasteiger partial charge is 0.311 e. The molecule has 0 aliphatic heterocycles. The Morgan fingerprint density at radius 3 is 2.78 bits per heavy atom. The summed E-state index contributed by atoms with van der Waals surface area (Å²) >= 11 is 3.11. The van der Waals surface area contributed by atoms with Crippen LogP contribution in [0.5, 0.6) is 0 Å². The molecule has 0 aliphatic carbocycles. The van der Waals surface area contributed by atoms with Gasteiger partial charge in [0.25, 0.3) is 6.43 Å². The molecule has 0 bridgehead atoms. The van der Waals surface area contributed by atoms with Crippen LogP contribution in [0.1, 0.15) is 30.2 Å². The molecular weight excluding hydrogens is 310 g/mol. The maximum Gasteiger partial charge on any atom is 0.311 e. The minimum Gasteiger partial charge on any atom is -0.466 e. The number of nitrogens with two attached hydrogens (primary N) is 1. The van der Waals surface area contributed by atoms with Crippen molar-refractivity contribution in [1.29, 1.82) is 0 Å². The maximum atomic E-state index is 13.0. The van der Waals surface area contributed by atoms with Crippen molar-refractivity contribution in [2.75, 3.05) is 6.61 Å². The van der Waals surface area contributed by atoms with Gasteiger partial charge in [-0.1, -0.05) is 0 Å². The number of nitrogens with zero attached hydrogens (tertiary/aromatic N) is 1. The molecule has 0 spiro atoms. The highest BCUT2D eigenvalue weighted by Crippen LogP contribution is 2.30. The van der Waals surface area contributed by atoms with Gasteiger partial charge < -0.3 is 10.5 Å². The fraction of sp³-hybridized carbons (Fsp3) is 0.455. The summed E-state index contributed by atoms with van der Waals surface area (Å²) in [7, 11) is 0. The van der Waals surface area contributed by atoms with Gasteiger partial charge in [-0.15, -0.1) is 0 Å². The first-order valence-corrected chi connectivity index (χ1v) is 6.10. The van der Waals surface area contributed by atoms with E-state index in [2.05, 4.69) is 20.9 Å². The minimum atomic E-state index is -2.74. The Hall–Kier alpha value is -1.08. The quantitative estimate of drug-likeness (QED) is 0.845. The topological polar surface area (TPSA) is 65.2 Å². The number of rotatable bonds is 5. The molecule has 18 heavy (non-hydrogen) atoms. The SMILES string of the molecule is CCOC(=O)Cc1ncc(Br)c(CN)c1C(F)F. The van der Waals surface area contributed by atoms with Crippen molar-refractivity contribution < 1.29 is 18.3 Å². The van der Waals surface area contributed by atoms with Gasteiger partial charge in [-0.2, -0.15) is 0 Å². The standard InChI is InChI=1S/C11H13BrF2N2O2/c1-2-18-9(17)3-8-10(11(13)14)6(4-15)7(12)5-16-8/h5,11H,2-4,15H2,1H3. The lowest BCUT2D eigenvalue weighted by Gasteiger charge is -2.13. The highest BCUT2D eigenvalue weighted by molar-refractivity contribution is 9.10. The summed E-state index contributed by atoms with van der Waals surface area (Å²) in [5.74, 6) is -0.586. The monoisotopic (exact) mass is 322 g/mol. The normalized spacial score (nSPS) is 10.8.